The molecule has 2 amide bonds. The van der Waals surface area contributed by atoms with Crippen LogP contribution in [-0.2, 0) is 9.59 Å². The molecule has 0 aromatic heterocycles. The van der Waals surface area contributed by atoms with E-state index < -0.39 is 17.9 Å². The minimum Gasteiger partial charge on any atom is -0.391 e. The van der Waals surface area contributed by atoms with E-state index >= 15 is 0 Å². The Morgan fingerprint density at radius 1 is 1.36 bits per heavy atom. The fourth-order valence-electron chi connectivity index (χ4n) is 1.13. The fraction of sp³-hybridized carbons (Fsp3) is 0.625. The highest BCUT2D eigenvalue weighted by atomic mass is 16.3. The van der Waals surface area contributed by atoms with Gasteiger partial charge in [0.2, 0.25) is 5.96 Å². The number of guanidine groups is 1. The summed E-state index contributed by atoms with van der Waals surface area (Å²) >= 11 is 0. The van der Waals surface area contributed by atoms with Crippen LogP contribution in [0.2, 0.25) is 0 Å². The van der Waals surface area contributed by atoms with Crippen LogP contribution < -0.4 is 10.6 Å². The van der Waals surface area contributed by atoms with E-state index in [1.54, 1.807) is 6.92 Å². The first kappa shape index (κ1) is 10.6. The van der Waals surface area contributed by atoms with Gasteiger partial charge >= 0.3 is 11.8 Å². The first-order valence-corrected chi connectivity index (χ1v) is 4.42. The topological polar surface area (TPSA) is 90.8 Å². The predicted octanol–water partition coefficient (Wildman–Crippen LogP) is -1.25. The number of nitrogens with zero attached hydrogens (tertiary/aromatic N) is 1. The second-order valence-electron chi connectivity index (χ2n) is 3.10. The Hall–Kier alpha value is -1.43. The Bertz CT molecular complexity index is 268. The molecule has 0 bridgehead atoms. The third-order valence-corrected chi connectivity index (χ3v) is 1.94. The van der Waals surface area contributed by atoms with E-state index in [-0.39, 0.29) is 12.0 Å². The molecule has 2 unspecified atom stereocenters. The first-order chi connectivity index (χ1) is 6.54. The highest BCUT2D eigenvalue weighted by Crippen LogP contribution is 2.03. The van der Waals surface area contributed by atoms with Gasteiger partial charge in [-0.2, -0.15) is 0 Å². The molecular weight excluding hydrogens is 186 g/mol. The van der Waals surface area contributed by atoms with Crippen molar-refractivity contribution in [1.29, 1.82) is 0 Å². The van der Waals surface area contributed by atoms with E-state index in [2.05, 4.69) is 15.6 Å². The van der Waals surface area contributed by atoms with Crippen molar-refractivity contribution in [3.8, 4) is 0 Å². The lowest BCUT2D eigenvalue weighted by molar-refractivity contribution is -0.135. The molecule has 1 rings (SSSR count). The van der Waals surface area contributed by atoms with E-state index in [4.69, 9.17) is 0 Å². The molecule has 1 heterocycles. The predicted molar refractivity (Wildman–Crippen MR) is 49.5 cm³/mol. The summed E-state index contributed by atoms with van der Waals surface area (Å²) in [4.78, 5) is 25.5. The zero-order valence-corrected chi connectivity index (χ0v) is 8.07. The van der Waals surface area contributed by atoms with Gasteiger partial charge in [0.1, 0.15) is 0 Å². The Kier molecular flexibility index (Phi) is 3.19. The molecule has 0 radical (unpaired) electrons. The lowest BCUT2D eigenvalue weighted by atomic mass is 10.1. The number of nitrogens with one attached hydrogen (secondary N) is 2. The Balaban J connectivity index is 2.69. The summed E-state index contributed by atoms with van der Waals surface area (Å²) in [5, 5.41) is 13.8. The smallest absolute Gasteiger partial charge is 0.316 e. The van der Waals surface area contributed by atoms with Crippen LogP contribution in [-0.4, -0.2) is 35.0 Å². The maximum absolute atomic E-state index is 10.8. The SMILES string of the molecule is CCC(N=C1NC(=O)C(=O)N1)C(C)O. The zero-order chi connectivity index (χ0) is 10.7. The van der Waals surface area contributed by atoms with Gasteiger partial charge in [-0.25, -0.2) is 4.99 Å². The molecule has 1 fully saturated rings. The fourth-order valence-corrected chi connectivity index (χ4v) is 1.13. The minimum atomic E-state index is -0.718. The molecule has 14 heavy (non-hydrogen) atoms. The van der Waals surface area contributed by atoms with Crippen LogP contribution >= 0.6 is 0 Å². The van der Waals surface area contributed by atoms with Crippen molar-refractivity contribution in [2.24, 2.45) is 4.99 Å². The van der Waals surface area contributed by atoms with Crippen LogP contribution in [0.25, 0.3) is 0 Å². The molecular formula is C8H13N3O3. The summed E-state index contributed by atoms with van der Waals surface area (Å²) in [6.07, 6.45) is 0.0225. The normalized spacial score (nSPS) is 20.1. The number of aliphatic hydroxyl groups excluding tert-OH is 1. The highest BCUT2D eigenvalue weighted by molar-refractivity contribution is 6.45. The number of carbonyl (C=O) groups excluding carboxylic acids is 2. The molecule has 1 aliphatic heterocycles. The van der Waals surface area contributed by atoms with Crippen LogP contribution in [0, 0.1) is 0 Å². The number of hydrogen-bond donors (Lipinski definition) is 3. The average Bonchev–Trinajstić information content (AvgIpc) is 2.41. The number of carbonyl (C=O) groups is 2. The molecule has 2 atom stereocenters. The first-order valence-electron chi connectivity index (χ1n) is 4.42. The molecule has 78 valence electrons. The second kappa shape index (κ2) is 4.19. The lowest BCUT2D eigenvalue weighted by Gasteiger charge is -2.13. The zero-order valence-electron chi connectivity index (χ0n) is 8.07. The third-order valence-electron chi connectivity index (χ3n) is 1.94. The van der Waals surface area contributed by atoms with Crippen molar-refractivity contribution in [3.05, 3.63) is 0 Å². The number of amides is 2. The molecule has 6 heteroatoms. The summed E-state index contributed by atoms with van der Waals surface area (Å²) in [6, 6.07) is -0.316. The van der Waals surface area contributed by atoms with Gasteiger partial charge in [0.05, 0.1) is 12.1 Å². The van der Waals surface area contributed by atoms with Gasteiger partial charge in [-0.15, -0.1) is 0 Å². The van der Waals surface area contributed by atoms with Crippen LogP contribution in [0.15, 0.2) is 4.99 Å². The van der Waals surface area contributed by atoms with Crippen molar-refractivity contribution < 1.29 is 14.7 Å². The van der Waals surface area contributed by atoms with Crippen LogP contribution in [0.5, 0.6) is 0 Å². The molecule has 6 nitrogen and oxygen atoms in total. The average molecular weight is 199 g/mol. The number of hydrogen-bond acceptors (Lipinski definition) is 4. The molecule has 0 aromatic carbocycles. The van der Waals surface area contributed by atoms with Crippen molar-refractivity contribution in [3.63, 3.8) is 0 Å². The maximum Gasteiger partial charge on any atom is 0.316 e. The van der Waals surface area contributed by atoms with Crippen molar-refractivity contribution in [1.82, 2.24) is 10.6 Å². The van der Waals surface area contributed by atoms with E-state index in [1.807, 2.05) is 6.92 Å². The van der Waals surface area contributed by atoms with Crippen molar-refractivity contribution >= 4 is 17.8 Å². The second-order valence-corrected chi connectivity index (χ2v) is 3.10. The summed E-state index contributed by atoms with van der Waals surface area (Å²) in [6.45, 7) is 3.47. The van der Waals surface area contributed by atoms with E-state index in [0.717, 1.165) is 0 Å². The quantitative estimate of drug-likeness (QED) is 0.496. The van der Waals surface area contributed by atoms with Crippen molar-refractivity contribution in [2.45, 2.75) is 32.4 Å². The van der Waals surface area contributed by atoms with Crippen molar-refractivity contribution in [2.75, 3.05) is 0 Å². The van der Waals surface area contributed by atoms with E-state index in [0.29, 0.717) is 6.42 Å². The molecule has 0 saturated carbocycles. The van der Waals surface area contributed by atoms with Gasteiger partial charge in [-0.1, -0.05) is 6.92 Å². The monoisotopic (exact) mass is 199 g/mol. The van der Waals surface area contributed by atoms with Gasteiger partial charge in [0.25, 0.3) is 0 Å². The van der Waals surface area contributed by atoms with Crippen LogP contribution in [0.1, 0.15) is 20.3 Å². The van der Waals surface area contributed by atoms with E-state index in [9.17, 15) is 14.7 Å². The summed E-state index contributed by atoms with van der Waals surface area (Å²) in [7, 11) is 0. The van der Waals surface area contributed by atoms with Crippen LogP contribution in [0.3, 0.4) is 0 Å². The minimum absolute atomic E-state index is 0.118. The standard InChI is InChI=1S/C8H13N3O3/c1-3-5(4(2)12)9-8-10-6(13)7(14)11-8/h4-5,12H,3H2,1-2H3,(H2,9,10,11,13,14). The van der Waals surface area contributed by atoms with Gasteiger partial charge in [-0.3, -0.25) is 20.2 Å². The molecule has 1 aliphatic rings. The summed E-state index contributed by atoms with van der Waals surface area (Å²) in [5.41, 5.74) is 0. The number of aliphatic hydroxyl groups is 1. The highest BCUT2D eigenvalue weighted by Gasteiger charge is 2.26. The molecule has 0 aliphatic carbocycles. The molecule has 3 N–H and O–H groups in total. The van der Waals surface area contributed by atoms with Gasteiger partial charge in [0, 0.05) is 0 Å². The van der Waals surface area contributed by atoms with Gasteiger partial charge in [-0.05, 0) is 13.3 Å². The molecule has 0 aromatic rings. The molecule has 0 spiro atoms. The van der Waals surface area contributed by atoms with E-state index in [1.165, 1.54) is 0 Å². The number of aliphatic imine (C=N–C) groups is 1. The lowest BCUT2D eigenvalue weighted by Crippen LogP contribution is -2.31. The summed E-state index contributed by atoms with van der Waals surface area (Å²) < 4.78 is 0. The van der Waals surface area contributed by atoms with Gasteiger partial charge in [0.15, 0.2) is 0 Å². The number of rotatable bonds is 3. The van der Waals surface area contributed by atoms with Gasteiger partial charge < -0.3 is 5.11 Å². The Morgan fingerprint density at radius 3 is 2.21 bits per heavy atom. The molecule has 1 saturated heterocycles. The Labute approximate surface area is 81.4 Å². The maximum atomic E-state index is 10.8. The summed E-state index contributed by atoms with van der Waals surface area (Å²) in [5.74, 6) is -1.32. The Morgan fingerprint density at radius 2 is 1.86 bits per heavy atom. The largest absolute Gasteiger partial charge is 0.391 e. The van der Waals surface area contributed by atoms with Crippen LogP contribution in [0.4, 0.5) is 0 Å². The third kappa shape index (κ3) is 2.29.